The van der Waals surface area contributed by atoms with Crippen molar-refractivity contribution in [3.63, 3.8) is 0 Å². The lowest BCUT2D eigenvalue weighted by Crippen LogP contribution is -2.29. The maximum Gasteiger partial charge on any atom is 0.148 e. The van der Waals surface area contributed by atoms with Crippen LogP contribution in [0.25, 0.3) is 0 Å². The van der Waals surface area contributed by atoms with Gasteiger partial charge in [-0.3, -0.25) is 0 Å². The van der Waals surface area contributed by atoms with E-state index in [0.717, 1.165) is 23.7 Å². The number of hydrogen-bond acceptors (Lipinski definition) is 5. The molecule has 0 saturated carbocycles. The quantitative estimate of drug-likeness (QED) is 0.618. The number of nitrogens with two attached hydrogens (primary N) is 1. The number of anilines is 2. The number of hydrazine groups is 1. The molecule has 3 N–H and O–H groups in total. The van der Waals surface area contributed by atoms with Crippen molar-refractivity contribution in [2.45, 2.75) is 45.6 Å². The minimum atomic E-state index is 0.352. The summed E-state index contributed by atoms with van der Waals surface area (Å²) in [5, 5.41) is 0. The summed E-state index contributed by atoms with van der Waals surface area (Å²) in [6.07, 6.45) is 4.04. The van der Waals surface area contributed by atoms with Crippen molar-refractivity contribution < 1.29 is 0 Å². The Morgan fingerprint density at radius 2 is 2.24 bits per heavy atom. The van der Waals surface area contributed by atoms with Gasteiger partial charge in [0.15, 0.2) is 0 Å². The van der Waals surface area contributed by atoms with E-state index in [-0.39, 0.29) is 0 Å². The van der Waals surface area contributed by atoms with E-state index in [4.69, 9.17) is 5.84 Å². The topological polar surface area (TPSA) is 67.1 Å². The van der Waals surface area contributed by atoms with Gasteiger partial charge in [0.2, 0.25) is 0 Å². The Morgan fingerprint density at radius 3 is 2.76 bits per heavy atom. The minimum Gasteiger partial charge on any atom is -0.354 e. The first-order valence-corrected chi connectivity index (χ1v) is 6.23. The third-order valence-electron chi connectivity index (χ3n) is 3.40. The second kappa shape index (κ2) is 4.87. The Morgan fingerprint density at radius 1 is 1.47 bits per heavy atom. The number of aromatic nitrogens is 2. The van der Waals surface area contributed by atoms with Gasteiger partial charge in [-0.15, -0.1) is 0 Å². The second-order valence-electron chi connectivity index (χ2n) is 4.94. The van der Waals surface area contributed by atoms with Crippen LogP contribution < -0.4 is 16.2 Å². The summed E-state index contributed by atoms with van der Waals surface area (Å²) in [6.45, 7) is 7.60. The normalized spacial score (nSPS) is 20.1. The van der Waals surface area contributed by atoms with E-state index in [0.29, 0.717) is 12.0 Å². The maximum atomic E-state index is 5.53. The lowest BCUT2D eigenvalue weighted by atomic mass is 10.0. The van der Waals surface area contributed by atoms with E-state index in [9.17, 15) is 0 Å². The summed E-state index contributed by atoms with van der Waals surface area (Å²) in [7, 11) is 0. The molecular weight excluding hydrogens is 214 g/mol. The molecule has 0 amide bonds. The van der Waals surface area contributed by atoms with Crippen molar-refractivity contribution in [3.05, 3.63) is 11.9 Å². The SMILES string of the molecule is CC(C)c1c(NN)ncnc1N1CCCC1C. The first kappa shape index (κ1) is 12.1. The van der Waals surface area contributed by atoms with Crippen LogP contribution in [0.5, 0.6) is 0 Å². The Kier molecular flexibility index (Phi) is 3.47. The molecule has 94 valence electrons. The highest BCUT2D eigenvalue weighted by atomic mass is 15.3. The van der Waals surface area contributed by atoms with Crippen LogP contribution in [-0.4, -0.2) is 22.6 Å². The highest BCUT2D eigenvalue weighted by Gasteiger charge is 2.26. The lowest BCUT2D eigenvalue weighted by molar-refractivity contribution is 0.714. The Labute approximate surface area is 102 Å². The fraction of sp³-hybridized carbons (Fsp3) is 0.667. The van der Waals surface area contributed by atoms with Gasteiger partial charge in [-0.1, -0.05) is 13.8 Å². The number of nitrogens with zero attached hydrogens (tertiary/aromatic N) is 3. The predicted molar refractivity (Wildman–Crippen MR) is 70.0 cm³/mol. The Bertz CT molecular complexity index is 390. The molecular formula is C12H21N5. The van der Waals surface area contributed by atoms with Crippen LogP contribution in [0.2, 0.25) is 0 Å². The van der Waals surface area contributed by atoms with Gasteiger partial charge in [0.1, 0.15) is 18.0 Å². The first-order valence-electron chi connectivity index (χ1n) is 6.23. The molecule has 1 aliphatic rings. The van der Waals surface area contributed by atoms with Crippen molar-refractivity contribution in [2.75, 3.05) is 16.9 Å². The molecule has 1 aromatic heterocycles. The van der Waals surface area contributed by atoms with Crippen LogP contribution in [0.15, 0.2) is 6.33 Å². The van der Waals surface area contributed by atoms with Crippen LogP contribution in [-0.2, 0) is 0 Å². The van der Waals surface area contributed by atoms with E-state index in [1.165, 1.54) is 12.8 Å². The summed E-state index contributed by atoms with van der Waals surface area (Å²) in [5.41, 5.74) is 3.79. The molecule has 2 heterocycles. The van der Waals surface area contributed by atoms with Crippen LogP contribution in [0.4, 0.5) is 11.6 Å². The maximum absolute atomic E-state index is 5.53. The minimum absolute atomic E-state index is 0.352. The Hall–Kier alpha value is -1.36. The molecule has 2 rings (SSSR count). The first-order chi connectivity index (χ1) is 8.15. The number of hydrogen-bond donors (Lipinski definition) is 2. The molecule has 0 bridgehead atoms. The van der Waals surface area contributed by atoms with E-state index < -0.39 is 0 Å². The molecule has 1 saturated heterocycles. The third-order valence-corrected chi connectivity index (χ3v) is 3.40. The van der Waals surface area contributed by atoms with Crippen molar-refractivity contribution in [2.24, 2.45) is 5.84 Å². The van der Waals surface area contributed by atoms with Crippen molar-refractivity contribution >= 4 is 11.6 Å². The summed E-state index contributed by atoms with van der Waals surface area (Å²) >= 11 is 0. The van der Waals surface area contributed by atoms with Crippen LogP contribution in [0, 0.1) is 0 Å². The van der Waals surface area contributed by atoms with E-state index in [2.05, 4.69) is 41.1 Å². The highest BCUT2D eigenvalue weighted by molar-refractivity contribution is 5.60. The molecule has 1 fully saturated rings. The molecule has 1 aromatic rings. The molecule has 0 aromatic carbocycles. The van der Waals surface area contributed by atoms with Crippen molar-refractivity contribution in [1.82, 2.24) is 9.97 Å². The van der Waals surface area contributed by atoms with Gasteiger partial charge >= 0.3 is 0 Å². The van der Waals surface area contributed by atoms with Crippen molar-refractivity contribution in [3.8, 4) is 0 Å². The molecule has 1 aliphatic heterocycles. The number of rotatable bonds is 3. The van der Waals surface area contributed by atoms with Crippen LogP contribution in [0.1, 0.15) is 45.1 Å². The van der Waals surface area contributed by atoms with E-state index in [1.807, 2.05) is 0 Å². The number of nitrogens with one attached hydrogen (secondary N) is 1. The molecule has 1 unspecified atom stereocenters. The van der Waals surface area contributed by atoms with E-state index in [1.54, 1.807) is 6.33 Å². The van der Waals surface area contributed by atoms with Gasteiger partial charge in [-0.05, 0) is 25.7 Å². The monoisotopic (exact) mass is 235 g/mol. The summed E-state index contributed by atoms with van der Waals surface area (Å²) < 4.78 is 0. The zero-order chi connectivity index (χ0) is 12.4. The summed E-state index contributed by atoms with van der Waals surface area (Å²) in [5.74, 6) is 7.66. The van der Waals surface area contributed by atoms with Crippen LogP contribution in [0.3, 0.4) is 0 Å². The van der Waals surface area contributed by atoms with Gasteiger partial charge in [-0.25, -0.2) is 15.8 Å². The van der Waals surface area contributed by atoms with Crippen molar-refractivity contribution in [1.29, 1.82) is 0 Å². The standard InChI is InChI=1S/C12H21N5/c1-8(2)10-11(16-13)14-7-15-12(10)17-6-4-5-9(17)3/h7-9H,4-6,13H2,1-3H3,(H,14,15,16). The largest absolute Gasteiger partial charge is 0.354 e. The summed E-state index contributed by atoms with van der Waals surface area (Å²) in [6, 6.07) is 0.549. The predicted octanol–water partition coefficient (Wildman–Crippen LogP) is 1.87. The highest BCUT2D eigenvalue weighted by Crippen LogP contribution is 2.33. The lowest BCUT2D eigenvalue weighted by Gasteiger charge is -2.27. The third kappa shape index (κ3) is 2.20. The van der Waals surface area contributed by atoms with Crippen LogP contribution >= 0.6 is 0 Å². The zero-order valence-electron chi connectivity index (χ0n) is 10.8. The molecule has 1 atom stereocenters. The van der Waals surface area contributed by atoms with Gasteiger partial charge < -0.3 is 10.3 Å². The number of nitrogen functional groups attached to an aromatic ring is 1. The van der Waals surface area contributed by atoms with E-state index >= 15 is 0 Å². The molecule has 5 heteroatoms. The molecule has 0 spiro atoms. The fourth-order valence-electron chi connectivity index (χ4n) is 2.51. The fourth-order valence-corrected chi connectivity index (χ4v) is 2.51. The smallest absolute Gasteiger partial charge is 0.148 e. The van der Waals surface area contributed by atoms with Gasteiger partial charge in [0.05, 0.1) is 0 Å². The Balaban J connectivity index is 2.45. The zero-order valence-corrected chi connectivity index (χ0v) is 10.8. The second-order valence-corrected chi connectivity index (χ2v) is 4.94. The molecule has 0 aliphatic carbocycles. The van der Waals surface area contributed by atoms with Gasteiger partial charge in [-0.2, -0.15) is 0 Å². The van der Waals surface area contributed by atoms with Gasteiger partial charge in [0.25, 0.3) is 0 Å². The summed E-state index contributed by atoms with van der Waals surface area (Å²) in [4.78, 5) is 11.0. The van der Waals surface area contributed by atoms with Gasteiger partial charge in [0, 0.05) is 18.2 Å². The molecule has 17 heavy (non-hydrogen) atoms. The average Bonchev–Trinajstić information content (AvgIpc) is 2.74. The molecule has 5 nitrogen and oxygen atoms in total. The average molecular weight is 235 g/mol. The molecule has 0 radical (unpaired) electrons.